The molecule has 9 heteroatoms. The van der Waals surface area contributed by atoms with Crippen molar-refractivity contribution in [3.63, 3.8) is 0 Å². The van der Waals surface area contributed by atoms with E-state index in [0.29, 0.717) is 10.4 Å². The summed E-state index contributed by atoms with van der Waals surface area (Å²) in [7, 11) is 0. The summed E-state index contributed by atoms with van der Waals surface area (Å²) in [6.07, 6.45) is 0. The number of aryl methyl sites for hydroxylation is 1. The summed E-state index contributed by atoms with van der Waals surface area (Å²) in [5.74, 6) is -4.63. The fraction of sp³-hybridized carbons (Fsp3) is 0.455. The van der Waals surface area contributed by atoms with Crippen LogP contribution >= 0.6 is 11.3 Å². The lowest BCUT2D eigenvalue weighted by atomic mass is 10.1. The molecule has 1 aromatic rings. The molecule has 0 saturated heterocycles. The molecule has 112 valence electrons. The van der Waals surface area contributed by atoms with Gasteiger partial charge in [-0.25, -0.2) is 18.4 Å². The molecule has 0 fully saturated rings. The van der Waals surface area contributed by atoms with Crippen LogP contribution < -0.4 is 10.6 Å². The van der Waals surface area contributed by atoms with Crippen molar-refractivity contribution < 1.29 is 28.6 Å². The van der Waals surface area contributed by atoms with Crippen LogP contribution in [0, 0.1) is 13.8 Å². The molecule has 0 saturated carbocycles. The molecule has 20 heavy (non-hydrogen) atoms. The summed E-state index contributed by atoms with van der Waals surface area (Å²) in [5, 5.41) is 21.6. The summed E-state index contributed by atoms with van der Waals surface area (Å²) in [6, 6.07) is -0.957. The zero-order valence-corrected chi connectivity index (χ0v) is 11.6. The Bertz CT molecular complexity index is 531. The van der Waals surface area contributed by atoms with Gasteiger partial charge in [0.15, 0.2) is 0 Å². The number of urea groups is 1. The van der Waals surface area contributed by atoms with E-state index >= 15 is 0 Å². The van der Waals surface area contributed by atoms with Crippen LogP contribution in [-0.4, -0.2) is 41.3 Å². The first kappa shape index (κ1) is 16.3. The lowest BCUT2D eigenvalue weighted by Gasteiger charge is -2.14. The third kappa shape index (κ3) is 3.87. The summed E-state index contributed by atoms with van der Waals surface area (Å²) >= 11 is 1.05. The summed E-state index contributed by atoms with van der Waals surface area (Å²) in [6.45, 7) is 0.861. The second kappa shape index (κ2) is 6.14. The Morgan fingerprint density at radius 2 is 1.95 bits per heavy atom. The summed E-state index contributed by atoms with van der Waals surface area (Å²) < 4.78 is 25.5. The average Bonchev–Trinajstić information content (AvgIpc) is 2.62. The van der Waals surface area contributed by atoms with Gasteiger partial charge in [-0.3, -0.25) is 5.32 Å². The summed E-state index contributed by atoms with van der Waals surface area (Å²) in [4.78, 5) is 23.2. The first-order valence-corrected chi connectivity index (χ1v) is 6.36. The molecule has 2 amide bonds. The van der Waals surface area contributed by atoms with Gasteiger partial charge >= 0.3 is 12.0 Å². The van der Waals surface area contributed by atoms with Crippen molar-refractivity contribution in [2.45, 2.75) is 19.8 Å². The molecule has 0 aliphatic heterocycles. The van der Waals surface area contributed by atoms with Crippen molar-refractivity contribution in [1.29, 1.82) is 0 Å². The van der Waals surface area contributed by atoms with E-state index in [9.17, 15) is 18.4 Å². The van der Waals surface area contributed by atoms with Gasteiger partial charge in [-0.05, 0) is 19.4 Å². The van der Waals surface area contributed by atoms with Gasteiger partial charge < -0.3 is 15.5 Å². The molecule has 4 N–H and O–H groups in total. The van der Waals surface area contributed by atoms with E-state index in [0.717, 1.165) is 11.3 Å². The molecule has 1 rings (SSSR count). The zero-order chi connectivity index (χ0) is 15.5. The van der Waals surface area contributed by atoms with Crippen LogP contribution in [0.5, 0.6) is 0 Å². The number of alkyl halides is 2. The Kier molecular flexibility index (Phi) is 5.01. The number of amides is 2. The first-order chi connectivity index (χ1) is 9.18. The van der Waals surface area contributed by atoms with Gasteiger partial charge in [0, 0.05) is 4.88 Å². The van der Waals surface area contributed by atoms with Crippen molar-refractivity contribution in [3.8, 4) is 0 Å². The number of carbonyl (C=O) groups is 2. The molecular weight excluding hydrogens is 294 g/mol. The second-order valence-electron chi connectivity index (χ2n) is 4.11. The van der Waals surface area contributed by atoms with Crippen molar-refractivity contribution >= 4 is 28.3 Å². The lowest BCUT2D eigenvalue weighted by molar-refractivity contribution is -0.0451. The van der Waals surface area contributed by atoms with E-state index < -0.39 is 31.1 Å². The van der Waals surface area contributed by atoms with Crippen LogP contribution in [0.2, 0.25) is 0 Å². The minimum absolute atomic E-state index is 0.0587. The van der Waals surface area contributed by atoms with Crippen LogP contribution in [0.4, 0.5) is 18.6 Å². The number of hydrogen-bond acceptors (Lipinski definition) is 4. The standard InChI is InChI=1S/C11H14F2N2O4S/c1-5-6(2)20-8(7(5)9(17)18)15-10(19)14-3-11(12,13)4-16/h16H,3-4H2,1-2H3,(H,17,18)(H2,14,15,19). The number of carboxylic acid groups (broad SMARTS) is 1. The zero-order valence-electron chi connectivity index (χ0n) is 10.8. The molecule has 0 aliphatic rings. The molecule has 0 unspecified atom stereocenters. The minimum atomic E-state index is -3.42. The van der Waals surface area contributed by atoms with Gasteiger partial charge in [0.2, 0.25) is 0 Å². The van der Waals surface area contributed by atoms with Gasteiger partial charge in [0.25, 0.3) is 5.92 Å². The quantitative estimate of drug-likeness (QED) is 0.666. The van der Waals surface area contributed by atoms with Crippen LogP contribution in [-0.2, 0) is 0 Å². The fourth-order valence-electron chi connectivity index (χ4n) is 1.39. The minimum Gasteiger partial charge on any atom is -0.478 e. The van der Waals surface area contributed by atoms with Crippen LogP contribution in [0.1, 0.15) is 20.8 Å². The molecule has 0 radical (unpaired) electrons. The highest BCUT2D eigenvalue weighted by Gasteiger charge is 2.28. The highest BCUT2D eigenvalue weighted by molar-refractivity contribution is 7.16. The molecule has 0 bridgehead atoms. The molecule has 0 atom stereocenters. The molecule has 1 heterocycles. The monoisotopic (exact) mass is 308 g/mol. The lowest BCUT2D eigenvalue weighted by Crippen LogP contribution is -2.40. The van der Waals surface area contributed by atoms with E-state index in [2.05, 4.69) is 5.32 Å². The number of aliphatic hydroxyl groups excluding tert-OH is 1. The number of carbonyl (C=O) groups excluding carboxylic acids is 1. The smallest absolute Gasteiger partial charge is 0.338 e. The second-order valence-corrected chi connectivity index (χ2v) is 5.34. The number of aliphatic hydroxyl groups is 1. The third-order valence-corrected chi connectivity index (χ3v) is 3.69. The van der Waals surface area contributed by atoms with Gasteiger partial charge in [0.1, 0.15) is 11.6 Å². The maximum absolute atomic E-state index is 12.7. The van der Waals surface area contributed by atoms with E-state index in [1.54, 1.807) is 13.8 Å². The predicted molar refractivity (Wildman–Crippen MR) is 69.8 cm³/mol. The Labute approximate surface area is 117 Å². The number of halogens is 2. The van der Waals surface area contributed by atoms with E-state index in [4.69, 9.17) is 10.2 Å². The molecule has 6 nitrogen and oxygen atoms in total. The average molecular weight is 308 g/mol. The first-order valence-electron chi connectivity index (χ1n) is 5.54. The SMILES string of the molecule is Cc1sc(NC(=O)NCC(F)(F)CO)c(C(=O)O)c1C. The number of thiophene rings is 1. The predicted octanol–water partition coefficient (Wildman–Crippen LogP) is 1.81. The normalized spacial score (nSPS) is 11.2. The number of nitrogens with one attached hydrogen (secondary N) is 2. The topological polar surface area (TPSA) is 98.7 Å². The van der Waals surface area contributed by atoms with Crippen molar-refractivity contribution in [2.75, 3.05) is 18.5 Å². The molecule has 1 aromatic heterocycles. The maximum atomic E-state index is 12.7. The number of aromatic carboxylic acids is 1. The highest BCUT2D eigenvalue weighted by Crippen LogP contribution is 2.32. The molecule has 0 aromatic carbocycles. The Morgan fingerprint density at radius 3 is 2.45 bits per heavy atom. The highest BCUT2D eigenvalue weighted by atomic mass is 32.1. The van der Waals surface area contributed by atoms with Crippen molar-refractivity contribution in [1.82, 2.24) is 5.32 Å². The van der Waals surface area contributed by atoms with Crippen molar-refractivity contribution in [3.05, 3.63) is 16.0 Å². The Hall–Kier alpha value is -1.74. The van der Waals surface area contributed by atoms with E-state index in [-0.39, 0.29) is 10.6 Å². The fourth-order valence-corrected chi connectivity index (χ4v) is 2.43. The number of carboxylic acids is 1. The van der Waals surface area contributed by atoms with Gasteiger partial charge in [0.05, 0.1) is 12.1 Å². The van der Waals surface area contributed by atoms with Crippen LogP contribution in [0.3, 0.4) is 0 Å². The van der Waals surface area contributed by atoms with Crippen LogP contribution in [0.15, 0.2) is 0 Å². The third-order valence-electron chi connectivity index (χ3n) is 2.57. The Morgan fingerprint density at radius 1 is 1.35 bits per heavy atom. The molecule has 0 aliphatic carbocycles. The van der Waals surface area contributed by atoms with E-state index in [1.165, 1.54) is 0 Å². The van der Waals surface area contributed by atoms with Crippen LogP contribution in [0.25, 0.3) is 0 Å². The largest absolute Gasteiger partial charge is 0.478 e. The Balaban J connectivity index is 2.77. The van der Waals surface area contributed by atoms with Crippen molar-refractivity contribution in [2.24, 2.45) is 0 Å². The van der Waals surface area contributed by atoms with Gasteiger partial charge in [-0.15, -0.1) is 11.3 Å². The molecule has 0 spiro atoms. The van der Waals surface area contributed by atoms with Gasteiger partial charge in [-0.1, -0.05) is 0 Å². The number of rotatable bonds is 5. The van der Waals surface area contributed by atoms with Gasteiger partial charge in [-0.2, -0.15) is 0 Å². The summed E-state index contributed by atoms with van der Waals surface area (Å²) in [5.41, 5.74) is 0.454. The number of anilines is 1. The molecular formula is C11H14F2N2O4S. The maximum Gasteiger partial charge on any atom is 0.338 e. The number of hydrogen-bond donors (Lipinski definition) is 4. The van der Waals surface area contributed by atoms with E-state index in [1.807, 2.05) is 5.32 Å².